The molecule has 1 aliphatic carbocycles. The van der Waals surface area contributed by atoms with Crippen LogP contribution in [-0.4, -0.2) is 38.2 Å². The molecular formula is C15H25N3O. The lowest BCUT2D eigenvalue weighted by Gasteiger charge is -2.40. The molecule has 1 saturated carbocycles. The van der Waals surface area contributed by atoms with E-state index in [4.69, 9.17) is 0 Å². The van der Waals surface area contributed by atoms with Crippen molar-refractivity contribution >= 4 is 0 Å². The third-order valence-corrected chi connectivity index (χ3v) is 5.29. The van der Waals surface area contributed by atoms with Crippen LogP contribution in [0.2, 0.25) is 0 Å². The summed E-state index contributed by atoms with van der Waals surface area (Å²) in [7, 11) is 2.05. The maximum Gasteiger partial charge on any atom is 0.122 e. The molecule has 3 rings (SSSR count). The van der Waals surface area contributed by atoms with Gasteiger partial charge in [0.1, 0.15) is 5.82 Å². The lowest BCUT2D eigenvalue weighted by atomic mass is 9.69. The van der Waals surface area contributed by atoms with Gasteiger partial charge in [0.2, 0.25) is 0 Å². The molecule has 0 bridgehead atoms. The topological polar surface area (TPSA) is 41.3 Å². The van der Waals surface area contributed by atoms with E-state index in [0.29, 0.717) is 11.8 Å². The second-order valence-electron chi connectivity index (χ2n) is 6.36. The van der Waals surface area contributed by atoms with Crippen molar-refractivity contribution in [2.24, 2.45) is 18.9 Å². The Bertz CT molecular complexity index is 444. The molecule has 0 radical (unpaired) electrons. The van der Waals surface area contributed by atoms with Gasteiger partial charge in [0, 0.05) is 38.4 Å². The summed E-state index contributed by atoms with van der Waals surface area (Å²) >= 11 is 0. The largest absolute Gasteiger partial charge is 0.390 e. The van der Waals surface area contributed by atoms with Crippen molar-refractivity contribution in [2.75, 3.05) is 13.1 Å². The quantitative estimate of drug-likeness (QED) is 0.904. The summed E-state index contributed by atoms with van der Waals surface area (Å²) in [4.78, 5) is 6.89. The summed E-state index contributed by atoms with van der Waals surface area (Å²) in [6.45, 7) is 5.20. The van der Waals surface area contributed by atoms with Crippen LogP contribution in [0, 0.1) is 11.8 Å². The van der Waals surface area contributed by atoms with Crippen molar-refractivity contribution in [2.45, 2.75) is 44.8 Å². The molecule has 1 N–H and O–H groups in total. The SMILES string of the molecule is CC[C@@]1(O)CCC[C@@H]2CN(Cc3nccn3C)C[C@@H]21. The van der Waals surface area contributed by atoms with Gasteiger partial charge in [0.25, 0.3) is 0 Å². The number of imidazole rings is 1. The van der Waals surface area contributed by atoms with E-state index in [9.17, 15) is 5.11 Å². The van der Waals surface area contributed by atoms with Crippen LogP contribution in [0.5, 0.6) is 0 Å². The molecule has 4 heteroatoms. The first-order valence-electron chi connectivity index (χ1n) is 7.53. The fourth-order valence-electron chi connectivity index (χ4n) is 4.03. The van der Waals surface area contributed by atoms with Gasteiger partial charge in [-0.2, -0.15) is 0 Å². The number of hydrogen-bond donors (Lipinski definition) is 1. The Balaban J connectivity index is 1.70. The molecule has 0 aromatic carbocycles. The molecule has 2 heterocycles. The number of aliphatic hydroxyl groups is 1. The Hall–Kier alpha value is -0.870. The van der Waals surface area contributed by atoms with Gasteiger partial charge in [0.05, 0.1) is 12.1 Å². The molecular weight excluding hydrogens is 238 g/mol. The zero-order valence-electron chi connectivity index (χ0n) is 12.0. The van der Waals surface area contributed by atoms with E-state index in [0.717, 1.165) is 38.3 Å². The maximum atomic E-state index is 10.8. The molecule has 106 valence electrons. The van der Waals surface area contributed by atoms with Crippen LogP contribution in [-0.2, 0) is 13.6 Å². The van der Waals surface area contributed by atoms with E-state index in [1.807, 2.05) is 19.4 Å². The summed E-state index contributed by atoms with van der Waals surface area (Å²) in [5, 5.41) is 10.8. The number of aromatic nitrogens is 2. The van der Waals surface area contributed by atoms with Gasteiger partial charge in [-0.15, -0.1) is 0 Å². The Kier molecular flexibility index (Phi) is 3.39. The zero-order valence-corrected chi connectivity index (χ0v) is 12.0. The summed E-state index contributed by atoms with van der Waals surface area (Å²) in [5.41, 5.74) is -0.417. The summed E-state index contributed by atoms with van der Waals surface area (Å²) < 4.78 is 2.09. The molecule has 0 unspecified atom stereocenters. The van der Waals surface area contributed by atoms with Crippen LogP contribution in [0.1, 0.15) is 38.4 Å². The predicted octanol–water partition coefficient (Wildman–Crippen LogP) is 1.79. The highest BCUT2D eigenvalue weighted by Gasteiger charge is 2.47. The van der Waals surface area contributed by atoms with Crippen LogP contribution in [0.25, 0.3) is 0 Å². The highest BCUT2D eigenvalue weighted by atomic mass is 16.3. The molecule has 19 heavy (non-hydrogen) atoms. The molecule has 1 aliphatic heterocycles. The first-order chi connectivity index (χ1) is 9.12. The normalized spacial score (nSPS) is 35.5. The van der Waals surface area contributed by atoms with Crippen molar-refractivity contribution in [1.82, 2.24) is 14.5 Å². The average molecular weight is 263 g/mol. The third kappa shape index (κ3) is 2.32. The van der Waals surface area contributed by atoms with E-state index in [2.05, 4.69) is 21.4 Å². The van der Waals surface area contributed by atoms with Gasteiger partial charge < -0.3 is 9.67 Å². The van der Waals surface area contributed by atoms with Gasteiger partial charge in [-0.25, -0.2) is 4.98 Å². The van der Waals surface area contributed by atoms with Gasteiger partial charge in [-0.05, 0) is 25.2 Å². The minimum Gasteiger partial charge on any atom is -0.390 e. The molecule has 1 aromatic rings. The van der Waals surface area contributed by atoms with Crippen LogP contribution in [0.4, 0.5) is 0 Å². The molecule has 2 fully saturated rings. The first-order valence-corrected chi connectivity index (χ1v) is 7.53. The second kappa shape index (κ2) is 4.91. The molecule has 1 aromatic heterocycles. The van der Waals surface area contributed by atoms with Crippen molar-refractivity contribution in [3.05, 3.63) is 18.2 Å². The number of nitrogens with zero attached hydrogens (tertiary/aromatic N) is 3. The molecule has 0 spiro atoms. The van der Waals surface area contributed by atoms with Crippen molar-refractivity contribution in [3.8, 4) is 0 Å². The summed E-state index contributed by atoms with van der Waals surface area (Å²) in [6.07, 6.45) is 8.21. The predicted molar refractivity (Wildman–Crippen MR) is 74.6 cm³/mol. The van der Waals surface area contributed by atoms with E-state index in [1.165, 1.54) is 12.8 Å². The van der Waals surface area contributed by atoms with Gasteiger partial charge in [-0.1, -0.05) is 13.3 Å². The van der Waals surface area contributed by atoms with Crippen LogP contribution < -0.4 is 0 Å². The summed E-state index contributed by atoms with van der Waals surface area (Å²) in [6, 6.07) is 0. The van der Waals surface area contributed by atoms with Crippen molar-refractivity contribution in [1.29, 1.82) is 0 Å². The Morgan fingerprint density at radius 3 is 3.00 bits per heavy atom. The highest BCUT2D eigenvalue weighted by Crippen LogP contribution is 2.44. The average Bonchev–Trinajstić information content (AvgIpc) is 2.98. The number of fused-ring (bicyclic) bond motifs is 1. The zero-order chi connectivity index (χ0) is 13.5. The Morgan fingerprint density at radius 1 is 1.47 bits per heavy atom. The lowest BCUT2D eigenvalue weighted by molar-refractivity contribution is -0.0613. The van der Waals surface area contributed by atoms with E-state index < -0.39 is 5.60 Å². The number of likely N-dealkylation sites (tertiary alicyclic amines) is 1. The molecule has 2 aliphatic rings. The highest BCUT2D eigenvalue weighted by molar-refractivity contribution is 5.01. The van der Waals surface area contributed by atoms with Crippen LogP contribution >= 0.6 is 0 Å². The number of aryl methyl sites for hydroxylation is 1. The minimum absolute atomic E-state index is 0.417. The molecule has 0 amide bonds. The number of hydrogen-bond acceptors (Lipinski definition) is 3. The third-order valence-electron chi connectivity index (χ3n) is 5.29. The monoisotopic (exact) mass is 263 g/mol. The van der Waals surface area contributed by atoms with E-state index >= 15 is 0 Å². The fraction of sp³-hybridized carbons (Fsp3) is 0.800. The minimum atomic E-state index is -0.417. The maximum absolute atomic E-state index is 10.8. The van der Waals surface area contributed by atoms with Gasteiger partial charge in [0.15, 0.2) is 0 Å². The van der Waals surface area contributed by atoms with Crippen LogP contribution in [0.3, 0.4) is 0 Å². The van der Waals surface area contributed by atoms with E-state index in [1.54, 1.807) is 0 Å². The molecule has 1 saturated heterocycles. The Labute approximate surface area is 115 Å². The smallest absolute Gasteiger partial charge is 0.122 e. The fourth-order valence-corrected chi connectivity index (χ4v) is 4.03. The first kappa shape index (κ1) is 13.1. The Morgan fingerprint density at radius 2 is 2.32 bits per heavy atom. The van der Waals surface area contributed by atoms with Crippen molar-refractivity contribution in [3.63, 3.8) is 0 Å². The van der Waals surface area contributed by atoms with E-state index in [-0.39, 0.29) is 0 Å². The lowest BCUT2D eigenvalue weighted by Crippen LogP contribution is -2.44. The second-order valence-corrected chi connectivity index (χ2v) is 6.36. The standard InChI is InChI=1S/C15H25N3O/c1-3-15(19)6-4-5-12-9-18(10-13(12)15)11-14-16-7-8-17(14)2/h7-8,12-13,19H,3-6,9-11H2,1-2H3/t12-,13+,15-/m1/s1. The summed E-state index contributed by atoms with van der Waals surface area (Å²) in [5.74, 6) is 2.27. The number of rotatable bonds is 3. The van der Waals surface area contributed by atoms with Crippen molar-refractivity contribution < 1.29 is 5.11 Å². The van der Waals surface area contributed by atoms with Crippen LogP contribution in [0.15, 0.2) is 12.4 Å². The van der Waals surface area contributed by atoms with Gasteiger partial charge in [-0.3, -0.25) is 4.90 Å². The van der Waals surface area contributed by atoms with Gasteiger partial charge >= 0.3 is 0 Å². The molecule has 4 nitrogen and oxygen atoms in total. The molecule has 3 atom stereocenters.